The van der Waals surface area contributed by atoms with E-state index >= 15 is 0 Å². The largest absolute Gasteiger partial charge is 0.481 e. The van der Waals surface area contributed by atoms with E-state index in [1.807, 2.05) is 31.2 Å². The third kappa shape index (κ3) is 5.24. The van der Waals surface area contributed by atoms with Crippen LogP contribution in [0.1, 0.15) is 56.1 Å². The summed E-state index contributed by atoms with van der Waals surface area (Å²) in [6.45, 7) is 3.07. The Balaban J connectivity index is 1.28. The van der Waals surface area contributed by atoms with Gasteiger partial charge in [0.15, 0.2) is 0 Å². The Hall–Kier alpha value is -3.35. The van der Waals surface area contributed by atoms with Gasteiger partial charge in [0, 0.05) is 31.5 Å². The zero-order chi connectivity index (χ0) is 24.1. The second kappa shape index (κ2) is 10.7. The molecule has 1 aliphatic heterocycles. The summed E-state index contributed by atoms with van der Waals surface area (Å²) >= 11 is 0. The summed E-state index contributed by atoms with van der Waals surface area (Å²) in [5.74, 6) is -1.39. The number of nitrogens with one attached hydrogen (secondary N) is 1. The van der Waals surface area contributed by atoms with Crippen molar-refractivity contribution in [2.75, 3.05) is 19.7 Å². The summed E-state index contributed by atoms with van der Waals surface area (Å²) in [7, 11) is 0. The molecule has 4 rings (SSSR count). The number of carboxylic acids is 1. The first-order valence-corrected chi connectivity index (χ1v) is 12.1. The number of alkyl carbamates (subject to hydrolysis) is 1. The van der Waals surface area contributed by atoms with Crippen LogP contribution in [-0.2, 0) is 14.3 Å². The molecule has 2 N–H and O–H groups in total. The number of fused-ring (bicyclic) bond motifs is 3. The van der Waals surface area contributed by atoms with Gasteiger partial charge in [0.1, 0.15) is 6.61 Å². The molecular weight excluding hydrogens is 432 g/mol. The van der Waals surface area contributed by atoms with E-state index in [-0.39, 0.29) is 37.4 Å². The highest BCUT2D eigenvalue weighted by Crippen LogP contribution is 2.44. The van der Waals surface area contributed by atoms with Gasteiger partial charge < -0.3 is 20.1 Å². The summed E-state index contributed by atoms with van der Waals surface area (Å²) in [5.41, 5.74) is 4.69. The summed E-state index contributed by atoms with van der Waals surface area (Å²) in [4.78, 5) is 38.0. The van der Waals surface area contributed by atoms with Crippen LogP contribution < -0.4 is 5.32 Å². The molecule has 34 heavy (non-hydrogen) atoms. The Morgan fingerprint density at radius 2 is 1.74 bits per heavy atom. The zero-order valence-corrected chi connectivity index (χ0v) is 19.5. The van der Waals surface area contributed by atoms with Crippen LogP contribution in [0.25, 0.3) is 11.1 Å². The van der Waals surface area contributed by atoms with Crippen LogP contribution in [0.5, 0.6) is 0 Å². The Labute approximate surface area is 200 Å². The topological polar surface area (TPSA) is 95.9 Å². The number of ether oxygens (including phenoxy) is 1. The fraction of sp³-hybridized carbons (Fsp3) is 0.444. The predicted octanol–water partition coefficient (Wildman–Crippen LogP) is 4.41. The fourth-order valence-electron chi connectivity index (χ4n) is 5.05. The molecule has 2 atom stereocenters. The maximum atomic E-state index is 12.6. The van der Waals surface area contributed by atoms with Crippen LogP contribution in [0.3, 0.4) is 0 Å². The fourth-order valence-corrected chi connectivity index (χ4v) is 5.05. The normalized spacial score (nSPS) is 18.0. The van der Waals surface area contributed by atoms with Gasteiger partial charge in [0.05, 0.1) is 5.92 Å². The molecule has 180 valence electrons. The minimum Gasteiger partial charge on any atom is -0.481 e. The molecule has 0 bridgehead atoms. The van der Waals surface area contributed by atoms with E-state index in [1.165, 1.54) is 11.1 Å². The Morgan fingerprint density at radius 1 is 1.09 bits per heavy atom. The molecule has 0 saturated carbocycles. The van der Waals surface area contributed by atoms with E-state index in [4.69, 9.17) is 4.74 Å². The molecule has 1 saturated heterocycles. The second-order valence-corrected chi connectivity index (χ2v) is 9.13. The van der Waals surface area contributed by atoms with Gasteiger partial charge in [-0.2, -0.15) is 0 Å². The van der Waals surface area contributed by atoms with E-state index in [1.54, 1.807) is 4.90 Å². The lowest BCUT2D eigenvalue weighted by atomic mass is 9.97. The maximum absolute atomic E-state index is 12.6. The first-order valence-electron chi connectivity index (χ1n) is 12.1. The second-order valence-electron chi connectivity index (χ2n) is 9.13. The molecule has 2 aromatic rings. The zero-order valence-electron chi connectivity index (χ0n) is 19.5. The molecule has 2 amide bonds. The van der Waals surface area contributed by atoms with Crippen LogP contribution in [0, 0.1) is 5.92 Å². The third-order valence-corrected chi connectivity index (χ3v) is 6.99. The lowest BCUT2D eigenvalue weighted by molar-refractivity contribution is -0.145. The number of rotatable bonds is 8. The SMILES string of the molecule is CCC(CCC(=O)N1CCC[C@@H](C(=O)O)C1)NC(=O)OCC1c2ccccc2-c2ccccc21. The van der Waals surface area contributed by atoms with Crippen LogP contribution in [0.4, 0.5) is 4.79 Å². The quantitative estimate of drug-likeness (QED) is 0.603. The molecule has 1 unspecified atom stereocenters. The van der Waals surface area contributed by atoms with Gasteiger partial charge in [-0.25, -0.2) is 4.79 Å². The Kier molecular flexibility index (Phi) is 7.50. The number of carbonyl (C=O) groups is 3. The highest BCUT2D eigenvalue weighted by Gasteiger charge is 2.30. The van der Waals surface area contributed by atoms with Crippen molar-refractivity contribution in [2.24, 2.45) is 5.92 Å². The number of nitrogens with zero attached hydrogens (tertiary/aromatic N) is 1. The number of piperidine rings is 1. The average Bonchev–Trinajstić information content (AvgIpc) is 3.18. The lowest BCUT2D eigenvalue weighted by Crippen LogP contribution is -2.43. The molecule has 1 fully saturated rings. The van der Waals surface area contributed by atoms with Crippen molar-refractivity contribution in [2.45, 2.75) is 51.0 Å². The molecule has 2 aromatic carbocycles. The molecule has 1 heterocycles. The third-order valence-electron chi connectivity index (χ3n) is 6.99. The van der Waals surface area contributed by atoms with Gasteiger partial charge in [-0.1, -0.05) is 55.5 Å². The summed E-state index contributed by atoms with van der Waals surface area (Å²) in [5, 5.41) is 12.1. The van der Waals surface area contributed by atoms with Crippen molar-refractivity contribution >= 4 is 18.0 Å². The molecule has 0 radical (unpaired) electrons. The molecule has 2 aliphatic rings. The van der Waals surface area contributed by atoms with E-state index in [9.17, 15) is 19.5 Å². The van der Waals surface area contributed by atoms with E-state index in [0.717, 1.165) is 11.1 Å². The van der Waals surface area contributed by atoms with Crippen molar-refractivity contribution in [3.63, 3.8) is 0 Å². The standard InChI is InChI=1S/C27H32N2O5/c1-2-19(13-14-25(30)29-15-7-8-18(16-29)26(31)32)28-27(33)34-17-24-22-11-5-3-9-20(22)21-10-4-6-12-23(21)24/h3-6,9-12,18-19,24H,2,7-8,13-17H2,1H3,(H,28,33)(H,31,32)/t18-,19?/m1/s1. The maximum Gasteiger partial charge on any atom is 0.407 e. The molecule has 1 aliphatic carbocycles. The minimum atomic E-state index is -0.846. The summed E-state index contributed by atoms with van der Waals surface area (Å²) in [6, 6.07) is 16.2. The minimum absolute atomic E-state index is 0.00101. The van der Waals surface area contributed by atoms with Crippen LogP contribution in [-0.4, -0.2) is 53.7 Å². The number of amides is 2. The van der Waals surface area contributed by atoms with E-state index in [2.05, 4.69) is 29.6 Å². The molecule has 7 heteroatoms. The van der Waals surface area contributed by atoms with Gasteiger partial charge in [-0.3, -0.25) is 9.59 Å². The van der Waals surface area contributed by atoms with Crippen molar-refractivity contribution in [3.05, 3.63) is 59.7 Å². The van der Waals surface area contributed by atoms with Crippen molar-refractivity contribution < 1.29 is 24.2 Å². The number of hydrogen-bond acceptors (Lipinski definition) is 4. The van der Waals surface area contributed by atoms with Crippen LogP contribution in [0.2, 0.25) is 0 Å². The number of aliphatic carboxylic acids is 1. The van der Waals surface area contributed by atoms with Crippen molar-refractivity contribution in [3.8, 4) is 11.1 Å². The smallest absolute Gasteiger partial charge is 0.407 e. The predicted molar refractivity (Wildman–Crippen MR) is 128 cm³/mol. The highest BCUT2D eigenvalue weighted by molar-refractivity contribution is 5.79. The van der Waals surface area contributed by atoms with Gasteiger partial charge in [-0.15, -0.1) is 0 Å². The number of likely N-dealkylation sites (tertiary alicyclic amines) is 1. The Morgan fingerprint density at radius 3 is 2.35 bits per heavy atom. The van der Waals surface area contributed by atoms with Gasteiger partial charge in [-0.05, 0) is 47.9 Å². The number of benzene rings is 2. The highest BCUT2D eigenvalue weighted by atomic mass is 16.5. The molecular formula is C27H32N2O5. The first-order chi connectivity index (χ1) is 16.5. The van der Waals surface area contributed by atoms with E-state index in [0.29, 0.717) is 32.2 Å². The monoisotopic (exact) mass is 464 g/mol. The van der Waals surface area contributed by atoms with Gasteiger partial charge in [0.2, 0.25) is 5.91 Å². The summed E-state index contributed by atoms with van der Waals surface area (Å²) in [6.07, 6.45) is 2.28. The van der Waals surface area contributed by atoms with Crippen LogP contribution in [0.15, 0.2) is 48.5 Å². The summed E-state index contributed by atoms with van der Waals surface area (Å²) < 4.78 is 5.62. The van der Waals surface area contributed by atoms with E-state index < -0.39 is 18.0 Å². The van der Waals surface area contributed by atoms with Crippen molar-refractivity contribution in [1.29, 1.82) is 0 Å². The van der Waals surface area contributed by atoms with Crippen LogP contribution >= 0.6 is 0 Å². The molecule has 0 spiro atoms. The van der Waals surface area contributed by atoms with Gasteiger partial charge >= 0.3 is 12.1 Å². The first kappa shape index (κ1) is 23.8. The van der Waals surface area contributed by atoms with Gasteiger partial charge in [0.25, 0.3) is 0 Å². The number of hydrogen-bond donors (Lipinski definition) is 2. The number of carbonyl (C=O) groups excluding carboxylic acids is 2. The molecule has 7 nitrogen and oxygen atoms in total. The Bertz CT molecular complexity index is 1010. The lowest BCUT2D eigenvalue weighted by Gasteiger charge is -2.31. The number of carboxylic acid groups (broad SMARTS) is 1. The van der Waals surface area contributed by atoms with Crippen molar-refractivity contribution in [1.82, 2.24) is 10.2 Å². The molecule has 0 aromatic heterocycles. The average molecular weight is 465 g/mol.